The van der Waals surface area contributed by atoms with Crippen molar-refractivity contribution in [1.82, 2.24) is 5.32 Å². The quantitative estimate of drug-likeness (QED) is 0.868. The monoisotopic (exact) mass is 247 g/mol. The van der Waals surface area contributed by atoms with Gasteiger partial charge in [-0.05, 0) is 29.8 Å². The molecular weight excluding hydrogens is 236 g/mol. The van der Waals surface area contributed by atoms with Crippen LogP contribution in [-0.4, -0.2) is 13.0 Å². The van der Waals surface area contributed by atoms with Crippen molar-refractivity contribution in [3.8, 4) is 11.1 Å². The minimum absolute atomic E-state index is 0.251. The molecule has 0 aromatic heterocycles. The van der Waals surface area contributed by atoms with E-state index in [1.807, 2.05) is 0 Å². The van der Waals surface area contributed by atoms with Crippen LogP contribution in [0.2, 0.25) is 0 Å². The highest BCUT2D eigenvalue weighted by Crippen LogP contribution is 2.23. The van der Waals surface area contributed by atoms with Crippen LogP contribution in [0, 0.1) is 11.6 Å². The van der Waals surface area contributed by atoms with Gasteiger partial charge < -0.3 is 5.32 Å². The number of hydrogen-bond acceptors (Lipinski definition) is 1. The average Bonchev–Trinajstić information content (AvgIpc) is 2.39. The van der Waals surface area contributed by atoms with E-state index in [9.17, 15) is 13.6 Å². The summed E-state index contributed by atoms with van der Waals surface area (Å²) in [5.74, 6) is -1.23. The number of amides is 1. The van der Waals surface area contributed by atoms with Crippen LogP contribution >= 0.6 is 0 Å². The molecule has 18 heavy (non-hydrogen) atoms. The third-order valence-electron chi connectivity index (χ3n) is 2.61. The Morgan fingerprint density at radius 2 is 1.72 bits per heavy atom. The first-order valence-electron chi connectivity index (χ1n) is 5.39. The van der Waals surface area contributed by atoms with Crippen molar-refractivity contribution in [3.63, 3.8) is 0 Å². The van der Waals surface area contributed by atoms with Gasteiger partial charge in [-0.3, -0.25) is 4.79 Å². The van der Waals surface area contributed by atoms with Crippen LogP contribution in [0.1, 0.15) is 10.4 Å². The maximum atomic E-state index is 13.9. The summed E-state index contributed by atoms with van der Waals surface area (Å²) in [6.07, 6.45) is 0. The van der Waals surface area contributed by atoms with Gasteiger partial charge in [-0.25, -0.2) is 8.78 Å². The summed E-state index contributed by atoms with van der Waals surface area (Å²) < 4.78 is 26.6. The molecule has 0 aliphatic rings. The van der Waals surface area contributed by atoms with Gasteiger partial charge in [0.05, 0.1) is 0 Å². The summed E-state index contributed by atoms with van der Waals surface area (Å²) in [7, 11) is 1.48. The predicted octanol–water partition coefficient (Wildman–Crippen LogP) is 2.99. The Morgan fingerprint density at radius 3 is 2.28 bits per heavy atom. The van der Waals surface area contributed by atoms with E-state index >= 15 is 0 Å². The maximum absolute atomic E-state index is 13.9. The van der Waals surface area contributed by atoms with Crippen molar-refractivity contribution in [2.45, 2.75) is 0 Å². The smallest absolute Gasteiger partial charge is 0.251 e. The molecule has 2 aromatic carbocycles. The number of carbonyl (C=O) groups excluding carboxylic acids is 1. The Bertz CT molecular complexity index is 579. The second-order valence-electron chi connectivity index (χ2n) is 3.78. The fourth-order valence-corrected chi connectivity index (χ4v) is 1.66. The zero-order chi connectivity index (χ0) is 13.1. The van der Waals surface area contributed by atoms with Crippen molar-refractivity contribution >= 4 is 5.91 Å². The lowest BCUT2D eigenvalue weighted by Gasteiger charge is -2.06. The Kier molecular flexibility index (Phi) is 3.37. The standard InChI is InChI=1S/C14H11F2NO/c1-17-14(18)10-4-7-12(13(16)8-10)9-2-5-11(15)6-3-9/h2-8H,1H3,(H,17,18). The SMILES string of the molecule is CNC(=O)c1ccc(-c2ccc(F)cc2)c(F)c1. The summed E-state index contributed by atoms with van der Waals surface area (Å²) in [6.45, 7) is 0. The molecule has 0 bridgehead atoms. The summed E-state index contributed by atoms with van der Waals surface area (Å²) >= 11 is 0. The number of carbonyl (C=O) groups is 1. The number of halogens is 2. The van der Waals surface area contributed by atoms with Crippen LogP contribution in [0.15, 0.2) is 42.5 Å². The van der Waals surface area contributed by atoms with E-state index in [0.29, 0.717) is 11.1 Å². The zero-order valence-corrected chi connectivity index (χ0v) is 9.71. The maximum Gasteiger partial charge on any atom is 0.251 e. The molecule has 0 aliphatic heterocycles. The lowest BCUT2D eigenvalue weighted by molar-refractivity contribution is 0.0962. The molecule has 0 atom stereocenters. The summed E-state index contributed by atoms with van der Waals surface area (Å²) in [4.78, 5) is 11.3. The summed E-state index contributed by atoms with van der Waals surface area (Å²) in [5.41, 5.74) is 1.15. The lowest BCUT2D eigenvalue weighted by Crippen LogP contribution is -2.17. The van der Waals surface area contributed by atoms with Crippen LogP contribution in [0.5, 0.6) is 0 Å². The van der Waals surface area contributed by atoms with Crippen molar-refractivity contribution in [2.24, 2.45) is 0 Å². The zero-order valence-electron chi connectivity index (χ0n) is 9.71. The van der Waals surface area contributed by atoms with Gasteiger partial charge in [0.2, 0.25) is 0 Å². The topological polar surface area (TPSA) is 29.1 Å². The van der Waals surface area contributed by atoms with Crippen molar-refractivity contribution in [1.29, 1.82) is 0 Å². The van der Waals surface area contributed by atoms with E-state index in [2.05, 4.69) is 5.32 Å². The number of benzene rings is 2. The van der Waals surface area contributed by atoms with Gasteiger partial charge in [-0.1, -0.05) is 18.2 Å². The first-order valence-corrected chi connectivity index (χ1v) is 5.39. The van der Waals surface area contributed by atoms with E-state index in [-0.39, 0.29) is 17.3 Å². The van der Waals surface area contributed by atoms with Crippen LogP contribution in [0.4, 0.5) is 8.78 Å². The first-order chi connectivity index (χ1) is 8.61. The van der Waals surface area contributed by atoms with Gasteiger partial charge in [-0.15, -0.1) is 0 Å². The minimum atomic E-state index is -0.511. The minimum Gasteiger partial charge on any atom is -0.355 e. The predicted molar refractivity (Wildman–Crippen MR) is 65.2 cm³/mol. The molecule has 2 nitrogen and oxygen atoms in total. The molecule has 2 aromatic rings. The second-order valence-corrected chi connectivity index (χ2v) is 3.78. The van der Waals surface area contributed by atoms with Gasteiger partial charge in [0.15, 0.2) is 0 Å². The molecule has 0 heterocycles. The molecule has 1 amide bonds. The van der Waals surface area contributed by atoms with Crippen molar-refractivity contribution in [2.75, 3.05) is 7.05 Å². The third-order valence-corrected chi connectivity index (χ3v) is 2.61. The molecule has 0 fully saturated rings. The molecule has 0 saturated heterocycles. The fourth-order valence-electron chi connectivity index (χ4n) is 1.66. The molecule has 2 rings (SSSR count). The molecule has 0 saturated carbocycles. The van der Waals surface area contributed by atoms with Crippen LogP contribution < -0.4 is 5.32 Å². The summed E-state index contributed by atoms with van der Waals surface area (Å²) in [5, 5.41) is 2.42. The Balaban J connectivity index is 2.41. The van der Waals surface area contributed by atoms with E-state index in [1.165, 1.54) is 43.4 Å². The normalized spacial score (nSPS) is 10.2. The molecule has 0 unspecified atom stereocenters. The molecule has 4 heteroatoms. The van der Waals surface area contributed by atoms with Gasteiger partial charge >= 0.3 is 0 Å². The van der Waals surface area contributed by atoms with E-state index in [4.69, 9.17) is 0 Å². The van der Waals surface area contributed by atoms with Gasteiger partial charge in [-0.2, -0.15) is 0 Å². The number of rotatable bonds is 2. The van der Waals surface area contributed by atoms with Crippen LogP contribution in [0.3, 0.4) is 0 Å². The van der Waals surface area contributed by atoms with Crippen LogP contribution in [-0.2, 0) is 0 Å². The van der Waals surface area contributed by atoms with Gasteiger partial charge in [0.25, 0.3) is 5.91 Å². The number of nitrogens with one attached hydrogen (secondary N) is 1. The molecule has 0 spiro atoms. The van der Waals surface area contributed by atoms with Crippen LogP contribution in [0.25, 0.3) is 11.1 Å². The first kappa shape index (κ1) is 12.2. The lowest BCUT2D eigenvalue weighted by atomic mass is 10.0. The van der Waals surface area contributed by atoms with Gasteiger partial charge in [0.1, 0.15) is 11.6 Å². The highest BCUT2D eigenvalue weighted by molar-refractivity contribution is 5.94. The molecular formula is C14H11F2NO. The Hall–Kier alpha value is -2.23. The largest absolute Gasteiger partial charge is 0.355 e. The third kappa shape index (κ3) is 2.37. The highest BCUT2D eigenvalue weighted by atomic mass is 19.1. The molecule has 0 aliphatic carbocycles. The highest BCUT2D eigenvalue weighted by Gasteiger charge is 2.09. The average molecular weight is 247 g/mol. The van der Waals surface area contributed by atoms with E-state index in [1.54, 1.807) is 0 Å². The molecule has 92 valence electrons. The second kappa shape index (κ2) is 4.96. The number of hydrogen-bond donors (Lipinski definition) is 1. The van der Waals surface area contributed by atoms with E-state index < -0.39 is 5.82 Å². The molecule has 0 radical (unpaired) electrons. The van der Waals surface area contributed by atoms with Crippen molar-refractivity contribution in [3.05, 3.63) is 59.7 Å². The Labute approximate surface area is 103 Å². The van der Waals surface area contributed by atoms with E-state index in [0.717, 1.165) is 6.07 Å². The van der Waals surface area contributed by atoms with Gasteiger partial charge in [0, 0.05) is 18.2 Å². The van der Waals surface area contributed by atoms with Crippen molar-refractivity contribution < 1.29 is 13.6 Å². The Morgan fingerprint density at radius 1 is 1.06 bits per heavy atom. The fraction of sp³-hybridized carbons (Fsp3) is 0.0714. The molecule has 1 N–H and O–H groups in total. The summed E-state index contributed by atoms with van der Waals surface area (Å²) in [6, 6.07) is 9.72.